The van der Waals surface area contributed by atoms with Crippen LogP contribution in [0.4, 0.5) is 0 Å². The lowest BCUT2D eigenvalue weighted by atomic mass is 9.97. The summed E-state index contributed by atoms with van der Waals surface area (Å²) < 4.78 is 4.70. The summed E-state index contributed by atoms with van der Waals surface area (Å²) >= 11 is 0. The van der Waals surface area contributed by atoms with Gasteiger partial charge >= 0.3 is 5.97 Å². The van der Waals surface area contributed by atoms with Gasteiger partial charge in [-0.2, -0.15) is 0 Å². The van der Waals surface area contributed by atoms with Crippen molar-refractivity contribution in [2.45, 2.75) is 25.3 Å². The fourth-order valence-corrected chi connectivity index (χ4v) is 1.83. The number of nitrogens with one attached hydrogen (secondary N) is 1. The molecule has 0 aromatic carbocycles. The highest BCUT2D eigenvalue weighted by Gasteiger charge is 2.30. The molecular formula is C10H13NO3. The molecule has 14 heavy (non-hydrogen) atoms. The van der Waals surface area contributed by atoms with E-state index in [2.05, 4.69) is 5.32 Å². The molecule has 0 aromatic rings. The van der Waals surface area contributed by atoms with Crippen molar-refractivity contribution in [3.8, 4) is 0 Å². The average Bonchev–Trinajstić information content (AvgIpc) is 2.65. The maximum absolute atomic E-state index is 11.8. The molecule has 4 nitrogen and oxygen atoms in total. The molecule has 4 heteroatoms. The Kier molecular flexibility index (Phi) is 2.63. The minimum Gasteiger partial charge on any atom is -0.458 e. The van der Waals surface area contributed by atoms with Gasteiger partial charge in [0.15, 0.2) is 5.78 Å². The second kappa shape index (κ2) is 3.92. The number of ether oxygens (including phenoxy) is 1. The van der Waals surface area contributed by atoms with Gasteiger partial charge in [0, 0.05) is 0 Å². The molecule has 0 amide bonds. The Morgan fingerprint density at radius 1 is 1.50 bits per heavy atom. The highest BCUT2D eigenvalue weighted by atomic mass is 16.5. The Morgan fingerprint density at radius 3 is 2.93 bits per heavy atom. The largest absolute Gasteiger partial charge is 0.458 e. The van der Waals surface area contributed by atoms with Gasteiger partial charge in [-0.15, -0.1) is 0 Å². The van der Waals surface area contributed by atoms with Gasteiger partial charge in [0.05, 0.1) is 6.04 Å². The van der Waals surface area contributed by atoms with Gasteiger partial charge in [0.25, 0.3) is 0 Å². The van der Waals surface area contributed by atoms with Crippen LogP contribution in [-0.2, 0) is 14.3 Å². The zero-order valence-electron chi connectivity index (χ0n) is 7.91. The van der Waals surface area contributed by atoms with Crippen molar-refractivity contribution < 1.29 is 14.3 Å². The Balaban J connectivity index is 2.03. The lowest BCUT2D eigenvalue weighted by molar-refractivity contribution is -0.137. The molecule has 2 aliphatic heterocycles. The molecule has 1 unspecified atom stereocenters. The fraction of sp³-hybridized carbons (Fsp3) is 0.600. The molecule has 1 fully saturated rings. The molecule has 1 saturated heterocycles. The number of esters is 1. The van der Waals surface area contributed by atoms with Crippen molar-refractivity contribution in [1.29, 1.82) is 0 Å². The van der Waals surface area contributed by atoms with Crippen LogP contribution in [0.5, 0.6) is 0 Å². The standard InChI is InChI=1S/C10H13NO3/c12-9(7-4-6-14-10(7)13)8-3-1-2-5-11-8/h4,8,11H,1-3,5-6H2. The van der Waals surface area contributed by atoms with E-state index in [1.807, 2.05) is 0 Å². The first-order valence-electron chi connectivity index (χ1n) is 4.94. The van der Waals surface area contributed by atoms with Crippen molar-refractivity contribution in [1.82, 2.24) is 5.32 Å². The van der Waals surface area contributed by atoms with Crippen molar-refractivity contribution in [3.05, 3.63) is 11.6 Å². The summed E-state index contributed by atoms with van der Waals surface area (Å²) in [5.41, 5.74) is 0.226. The quantitative estimate of drug-likeness (QED) is 0.504. The predicted octanol–water partition coefficient (Wildman–Crippen LogP) is 0.181. The molecule has 0 saturated carbocycles. The number of rotatable bonds is 2. The van der Waals surface area contributed by atoms with Gasteiger partial charge in [-0.05, 0) is 25.5 Å². The zero-order chi connectivity index (χ0) is 9.97. The van der Waals surface area contributed by atoms with Crippen LogP contribution in [0.3, 0.4) is 0 Å². The Bertz CT molecular complexity index is 290. The molecule has 0 bridgehead atoms. The average molecular weight is 195 g/mol. The van der Waals surface area contributed by atoms with Crippen LogP contribution in [0, 0.1) is 0 Å². The number of ketones is 1. The topological polar surface area (TPSA) is 55.4 Å². The minimum absolute atomic E-state index is 0.104. The van der Waals surface area contributed by atoms with E-state index in [0.717, 1.165) is 25.8 Å². The van der Waals surface area contributed by atoms with Gasteiger partial charge in [0.2, 0.25) is 0 Å². The van der Waals surface area contributed by atoms with E-state index in [4.69, 9.17) is 4.74 Å². The molecule has 1 N–H and O–H groups in total. The van der Waals surface area contributed by atoms with Crippen molar-refractivity contribution in [2.24, 2.45) is 0 Å². The van der Waals surface area contributed by atoms with E-state index in [9.17, 15) is 9.59 Å². The molecule has 76 valence electrons. The third-order valence-electron chi connectivity index (χ3n) is 2.61. The van der Waals surface area contributed by atoms with E-state index < -0.39 is 5.97 Å². The summed E-state index contributed by atoms with van der Waals surface area (Å²) in [6.07, 6.45) is 4.55. The molecule has 2 rings (SSSR count). The monoisotopic (exact) mass is 195 g/mol. The fourth-order valence-electron chi connectivity index (χ4n) is 1.83. The van der Waals surface area contributed by atoms with E-state index in [1.54, 1.807) is 6.08 Å². The summed E-state index contributed by atoms with van der Waals surface area (Å²) in [7, 11) is 0. The van der Waals surface area contributed by atoms with Gasteiger partial charge in [-0.3, -0.25) is 4.79 Å². The number of hydrogen-bond donors (Lipinski definition) is 1. The number of hydrogen-bond acceptors (Lipinski definition) is 4. The number of cyclic esters (lactones) is 1. The van der Waals surface area contributed by atoms with Crippen LogP contribution in [0.2, 0.25) is 0 Å². The molecule has 0 radical (unpaired) electrons. The summed E-state index contributed by atoms with van der Waals surface area (Å²) in [6, 6.07) is -0.180. The summed E-state index contributed by atoms with van der Waals surface area (Å²) in [5, 5.41) is 3.12. The van der Waals surface area contributed by atoms with E-state index in [0.29, 0.717) is 0 Å². The second-order valence-electron chi connectivity index (χ2n) is 3.58. The first kappa shape index (κ1) is 9.40. The SMILES string of the molecule is O=C1OCC=C1C(=O)C1CCCCN1. The van der Waals surface area contributed by atoms with Crippen molar-refractivity contribution in [3.63, 3.8) is 0 Å². The molecule has 2 heterocycles. The van der Waals surface area contributed by atoms with E-state index >= 15 is 0 Å². The molecule has 2 aliphatic rings. The maximum atomic E-state index is 11.8. The lowest BCUT2D eigenvalue weighted by Gasteiger charge is -2.21. The van der Waals surface area contributed by atoms with Crippen LogP contribution < -0.4 is 5.32 Å². The number of piperidine rings is 1. The lowest BCUT2D eigenvalue weighted by Crippen LogP contribution is -2.41. The highest BCUT2D eigenvalue weighted by molar-refractivity contribution is 6.20. The van der Waals surface area contributed by atoms with E-state index in [1.165, 1.54) is 0 Å². The van der Waals surface area contributed by atoms with Crippen molar-refractivity contribution in [2.75, 3.05) is 13.2 Å². The minimum atomic E-state index is -0.470. The highest BCUT2D eigenvalue weighted by Crippen LogP contribution is 2.15. The third-order valence-corrected chi connectivity index (χ3v) is 2.61. The van der Waals surface area contributed by atoms with Gasteiger partial charge in [0.1, 0.15) is 12.2 Å². The smallest absolute Gasteiger partial charge is 0.341 e. The van der Waals surface area contributed by atoms with Crippen LogP contribution in [0.15, 0.2) is 11.6 Å². The number of carbonyl (C=O) groups excluding carboxylic acids is 2. The van der Waals surface area contributed by atoms with E-state index in [-0.39, 0.29) is 24.0 Å². The molecule has 0 aliphatic carbocycles. The number of Topliss-reactive ketones (excluding diaryl/α,β-unsaturated/α-hetero) is 1. The predicted molar refractivity (Wildman–Crippen MR) is 49.7 cm³/mol. The van der Waals surface area contributed by atoms with Crippen LogP contribution in [0.25, 0.3) is 0 Å². The van der Waals surface area contributed by atoms with Crippen LogP contribution >= 0.6 is 0 Å². The molecular weight excluding hydrogens is 182 g/mol. The second-order valence-corrected chi connectivity index (χ2v) is 3.58. The van der Waals surface area contributed by atoms with Crippen LogP contribution in [0.1, 0.15) is 19.3 Å². The number of carbonyl (C=O) groups is 2. The Labute approximate surface area is 82.3 Å². The summed E-state index contributed by atoms with van der Waals surface area (Å²) in [5.74, 6) is -0.574. The Morgan fingerprint density at radius 2 is 2.36 bits per heavy atom. The maximum Gasteiger partial charge on any atom is 0.341 e. The third kappa shape index (κ3) is 1.70. The van der Waals surface area contributed by atoms with Gasteiger partial charge < -0.3 is 10.1 Å². The summed E-state index contributed by atoms with van der Waals surface area (Å²) in [6.45, 7) is 1.10. The first-order chi connectivity index (χ1) is 6.79. The first-order valence-corrected chi connectivity index (χ1v) is 4.94. The normalized spacial score (nSPS) is 27.0. The van der Waals surface area contributed by atoms with Gasteiger partial charge in [-0.25, -0.2) is 4.79 Å². The molecule has 1 atom stereocenters. The summed E-state index contributed by atoms with van der Waals surface area (Å²) in [4.78, 5) is 22.9. The van der Waals surface area contributed by atoms with Crippen LogP contribution in [-0.4, -0.2) is 30.9 Å². The van der Waals surface area contributed by atoms with Gasteiger partial charge in [-0.1, -0.05) is 6.42 Å². The zero-order valence-corrected chi connectivity index (χ0v) is 7.91. The molecule has 0 aromatic heterocycles. The Hall–Kier alpha value is -1.16. The van der Waals surface area contributed by atoms with Crippen molar-refractivity contribution >= 4 is 11.8 Å². The molecule has 0 spiro atoms.